The number of aryl methyl sites for hydroxylation is 1. The molecular formula is C16H14ClN3O2. The van der Waals surface area contributed by atoms with E-state index in [9.17, 15) is 9.59 Å². The molecule has 112 valence electrons. The highest BCUT2D eigenvalue weighted by Gasteiger charge is 2.13. The van der Waals surface area contributed by atoms with Crippen LogP contribution in [0, 0.1) is 6.92 Å². The van der Waals surface area contributed by atoms with Crippen molar-refractivity contribution in [1.29, 1.82) is 0 Å². The van der Waals surface area contributed by atoms with Crippen LogP contribution < -0.4 is 10.7 Å². The lowest BCUT2D eigenvalue weighted by molar-refractivity contribution is -0.136. The molecule has 0 bridgehead atoms. The fraction of sp³-hybridized carbons (Fsp3) is 0.0625. The average Bonchev–Trinajstić information content (AvgIpc) is 2.52. The van der Waals surface area contributed by atoms with Gasteiger partial charge >= 0.3 is 11.8 Å². The van der Waals surface area contributed by atoms with Crippen molar-refractivity contribution in [3.8, 4) is 0 Å². The summed E-state index contributed by atoms with van der Waals surface area (Å²) < 4.78 is 0. The summed E-state index contributed by atoms with van der Waals surface area (Å²) in [5, 5.41) is 6.69. The summed E-state index contributed by atoms with van der Waals surface area (Å²) in [6.07, 6.45) is 1.45. The number of rotatable bonds is 3. The molecule has 0 spiro atoms. The fourth-order valence-corrected chi connectivity index (χ4v) is 1.79. The minimum absolute atomic E-state index is 0.447. The Balaban J connectivity index is 1.90. The van der Waals surface area contributed by atoms with Gasteiger partial charge in [-0.25, -0.2) is 5.43 Å². The molecule has 0 saturated heterocycles. The zero-order valence-electron chi connectivity index (χ0n) is 11.8. The monoisotopic (exact) mass is 315 g/mol. The van der Waals surface area contributed by atoms with Crippen LogP contribution in [-0.4, -0.2) is 18.0 Å². The zero-order valence-corrected chi connectivity index (χ0v) is 12.6. The van der Waals surface area contributed by atoms with E-state index in [-0.39, 0.29) is 0 Å². The number of benzene rings is 2. The number of hydrogen-bond donors (Lipinski definition) is 2. The topological polar surface area (TPSA) is 70.6 Å². The molecule has 22 heavy (non-hydrogen) atoms. The molecule has 0 fully saturated rings. The Kier molecular flexibility index (Phi) is 5.27. The van der Waals surface area contributed by atoms with Gasteiger partial charge in [-0.15, -0.1) is 0 Å². The molecule has 0 atom stereocenters. The molecule has 2 rings (SSSR count). The van der Waals surface area contributed by atoms with Gasteiger partial charge in [-0.2, -0.15) is 5.10 Å². The van der Waals surface area contributed by atoms with Crippen LogP contribution in [0.25, 0.3) is 0 Å². The maximum atomic E-state index is 11.7. The number of carbonyl (C=O) groups is 2. The molecule has 0 unspecified atom stereocenters. The van der Waals surface area contributed by atoms with Gasteiger partial charge in [0.05, 0.1) is 6.21 Å². The molecule has 2 amide bonds. The summed E-state index contributed by atoms with van der Waals surface area (Å²) >= 11 is 5.95. The first kappa shape index (κ1) is 15.7. The van der Waals surface area contributed by atoms with Crippen molar-refractivity contribution in [3.05, 3.63) is 64.7 Å². The molecule has 2 aromatic carbocycles. The second-order valence-electron chi connectivity index (χ2n) is 4.53. The van der Waals surface area contributed by atoms with Gasteiger partial charge in [-0.3, -0.25) is 9.59 Å². The molecule has 2 N–H and O–H groups in total. The van der Waals surface area contributed by atoms with Gasteiger partial charge in [0.2, 0.25) is 0 Å². The van der Waals surface area contributed by atoms with E-state index in [0.717, 1.165) is 11.1 Å². The van der Waals surface area contributed by atoms with E-state index in [0.29, 0.717) is 10.7 Å². The summed E-state index contributed by atoms with van der Waals surface area (Å²) in [5.74, 6) is -1.67. The van der Waals surface area contributed by atoms with Gasteiger partial charge in [0, 0.05) is 10.7 Å². The number of nitrogens with zero attached hydrogens (tertiary/aromatic N) is 1. The largest absolute Gasteiger partial charge is 0.329 e. The van der Waals surface area contributed by atoms with Crippen LogP contribution in [0.4, 0.5) is 5.69 Å². The number of carbonyl (C=O) groups excluding carboxylic acids is 2. The van der Waals surface area contributed by atoms with Gasteiger partial charge in [-0.1, -0.05) is 48.0 Å². The van der Waals surface area contributed by atoms with Crippen LogP contribution >= 0.6 is 11.6 Å². The summed E-state index contributed by atoms with van der Waals surface area (Å²) in [7, 11) is 0. The maximum Gasteiger partial charge on any atom is 0.329 e. The Labute approximate surface area is 133 Å². The van der Waals surface area contributed by atoms with E-state index >= 15 is 0 Å². The molecule has 5 nitrogen and oxygen atoms in total. The van der Waals surface area contributed by atoms with E-state index in [1.807, 2.05) is 37.3 Å². The standard InChI is InChI=1S/C16H14ClN3O2/c1-11-7-8-13(9-14(11)17)19-15(21)16(22)20-18-10-12-5-3-2-4-6-12/h2-10H,1H3,(H,19,21)(H,20,22). The van der Waals surface area contributed by atoms with Crippen molar-refractivity contribution in [2.45, 2.75) is 6.92 Å². The zero-order chi connectivity index (χ0) is 15.9. The number of hydrogen-bond acceptors (Lipinski definition) is 3. The summed E-state index contributed by atoms with van der Waals surface area (Å²) in [6.45, 7) is 1.85. The first-order valence-electron chi connectivity index (χ1n) is 6.52. The van der Waals surface area contributed by atoms with Crippen LogP contribution in [0.5, 0.6) is 0 Å². The smallest absolute Gasteiger partial charge is 0.318 e. The number of amides is 2. The van der Waals surface area contributed by atoms with Gasteiger partial charge in [0.25, 0.3) is 0 Å². The van der Waals surface area contributed by atoms with Crippen LogP contribution in [0.1, 0.15) is 11.1 Å². The Bertz CT molecular complexity index is 715. The van der Waals surface area contributed by atoms with E-state index in [4.69, 9.17) is 11.6 Å². The molecule has 0 aliphatic rings. The molecular weight excluding hydrogens is 302 g/mol. The molecule has 0 radical (unpaired) electrons. The lowest BCUT2D eigenvalue weighted by Gasteiger charge is -2.05. The Morgan fingerprint density at radius 2 is 1.82 bits per heavy atom. The van der Waals surface area contributed by atoms with Gasteiger partial charge in [-0.05, 0) is 30.2 Å². The molecule has 0 aromatic heterocycles. The van der Waals surface area contributed by atoms with E-state index in [2.05, 4.69) is 15.8 Å². The Morgan fingerprint density at radius 3 is 2.50 bits per heavy atom. The lowest BCUT2D eigenvalue weighted by atomic mass is 10.2. The van der Waals surface area contributed by atoms with Crippen molar-refractivity contribution < 1.29 is 9.59 Å². The molecule has 0 heterocycles. The first-order valence-corrected chi connectivity index (χ1v) is 6.89. The Hall–Kier alpha value is -2.66. The molecule has 0 aliphatic heterocycles. The number of nitrogens with one attached hydrogen (secondary N) is 2. The number of anilines is 1. The molecule has 6 heteroatoms. The minimum atomic E-state index is -0.858. The van der Waals surface area contributed by atoms with Crippen LogP contribution in [0.3, 0.4) is 0 Å². The normalized spacial score (nSPS) is 10.5. The highest BCUT2D eigenvalue weighted by atomic mass is 35.5. The van der Waals surface area contributed by atoms with Crippen LogP contribution in [-0.2, 0) is 9.59 Å². The highest BCUT2D eigenvalue weighted by Crippen LogP contribution is 2.19. The maximum absolute atomic E-state index is 11.7. The summed E-state index contributed by atoms with van der Waals surface area (Å²) in [6, 6.07) is 14.2. The predicted molar refractivity (Wildman–Crippen MR) is 87.0 cm³/mol. The Morgan fingerprint density at radius 1 is 1.09 bits per heavy atom. The minimum Gasteiger partial charge on any atom is -0.318 e. The highest BCUT2D eigenvalue weighted by molar-refractivity contribution is 6.39. The van der Waals surface area contributed by atoms with E-state index < -0.39 is 11.8 Å². The van der Waals surface area contributed by atoms with Gasteiger partial charge in [0.15, 0.2) is 0 Å². The van der Waals surface area contributed by atoms with Gasteiger partial charge in [0.1, 0.15) is 0 Å². The third-order valence-electron chi connectivity index (χ3n) is 2.82. The second kappa shape index (κ2) is 7.38. The summed E-state index contributed by atoms with van der Waals surface area (Å²) in [5.41, 5.74) is 4.31. The quantitative estimate of drug-likeness (QED) is 0.519. The van der Waals surface area contributed by atoms with E-state index in [1.54, 1.807) is 18.2 Å². The van der Waals surface area contributed by atoms with Crippen molar-refractivity contribution in [2.75, 3.05) is 5.32 Å². The van der Waals surface area contributed by atoms with Gasteiger partial charge < -0.3 is 5.32 Å². The van der Waals surface area contributed by atoms with Crippen molar-refractivity contribution >= 4 is 35.3 Å². The third-order valence-corrected chi connectivity index (χ3v) is 3.22. The average molecular weight is 316 g/mol. The first-order chi connectivity index (χ1) is 10.6. The van der Waals surface area contributed by atoms with Crippen molar-refractivity contribution in [2.24, 2.45) is 5.10 Å². The van der Waals surface area contributed by atoms with Crippen molar-refractivity contribution in [1.82, 2.24) is 5.43 Å². The van der Waals surface area contributed by atoms with E-state index in [1.165, 1.54) is 6.21 Å². The summed E-state index contributed by atoms with van der Waals surface area (Å²) in [4.78, 5) is 23.3. The second-order valence-corrected chi connectivity index (χ2v) is 4.94. The molecule has 0 saturated carbocycles. The number of halogens is 1. The van der Waals surface area contributed by atoms with Crippen LogP contribution in [0.15, 0.2) is 53.6 Å². The number of hydrazone groups is 1. The fourth-order valence-electron chi connectivity index (χ4n) is 1.61. The third kappa shape index (κ3) is 4.43. The SMILES string of the molecule is Cc1ccc(NC(=O)C(=O)NN=Cc2ccccc2)cc1Cl. The lowest BCUT2D eigenvalue weighted by Crippen LogP contribution is -2.32. The van der Waals surface area contributed by atoms with Crippen LogP contribution in [0.2, 0.25) is 5.02 Å². The molecule has 0 aliphatic carbocycles. The predicted octanol–water partition coefficient (Wildman–Crippen LogP) is 2.74. The molecule has 2 aromatic rings. The van der Waals surface area contributed by atoms with Crippen molar-refractivity contribution in [3.63, 3.8) is 0 Å².